The van der Waals surface area contributed by atoms with Crippen molar-refractivity contribution in [2.45, 2.75) is 46.7 Å². The van der Waals surface area contributed by atoms with Crippen molar-refractivity contribution < 1.29 is 0 Å². The van der Waals surface area contributed by atoms with Crippen LogP contribution in [0.4, 0.5) is 0 Å². The molecule has 0 aliphatic carbocycles. The normalized spacial score (nSPS) is 13.2. The number of aromatic nitrogens is 3. The van der Waals surface area contributed by atoms with E-state index in [2.05, 4.69) is 45.0 Å². The van der Waals surface area contributed by atoms with Gasteiger partial charge in [0, 0.05) is 29.2 Å². The van der Waals surface area contributed by atoms with Gasteiger partial charge in [-0.3, -0.25) is 4.68 Å². The Morgan fingerprint density at radius 3 is 2.37 bits per heavy atom. The molecule has 104 valence electrons. The van der Waals surface area contributed by atoms with Crippen molar-refractivity contribution in [1.29, 1.82) is 0 Å². The molecule has 0 saturated carbocycles. The maximum atomic E-state index is 4.71. The highest BCUT2D eigenvalue weighted by molar-refractivity contribution is 7.11. The third-order valence-electron chi connectivity index (χ3n) is 3.38. The van der Waals surface area contributed by atoms with E-state index in [1.165, 1.54) is 16.1 Å². The van der Waals surface area contributed by atoms with Crippen molar-refractivity contribution in [3.05, 3.63) is 33.0 Å². The molecule has 0 aliphatic heterocycles. The zero-order chi connectivity index (χ0) is 14.2. The van der Waals surface area contributed by atoms with Gasteiger partial charge in [-0.25, -0.2) is 4.98 Å². The van der Waals surface area contributed by atoms with Gasteiger partial charge in [-0.15, -0.1) is 11.3 Å². The van der Waals surface area contributed by atoms with Gasteiger partial charge in [-0.2, -0.15) is 5.10 Å². The van der Waals surface area contributed by atoms with Crippen molar-refractivity contribution in [1.82, 2.24) is 20.1 Å². The van der Waals surface area contributed by atoms with Gasteiger partial charge in [0.2, 0.25) is 0 Å². The lowest BCUT2D eigenvalue weighted by molar-refractivity contribution is 0.524. The SMILES string of the molecule is Cc1nc(C(NC(C)C)c2cnn(C)c2C)sc1C. The van der Waals surface area contributed by atoms with Crippen LogP contribution in [-0.2, 0) is 7.05 Å². The Kier molecular flexibility index (Phi) is 4.06. The molecule has 4 nitrogen and oxygen atoms in total. The number of hydrogen-bond acceptors (Lipinski definition) is 4. The Labute approximate surface area is 118 Å². The lowest BCUT2D eigenvalue weighted by Gasteiger charge is -2.19. The van der Waals surface area contributed by atoms with Gasteiger partial charge in [-0.1, -0.05) is 0 Å². The fraction of sp³-hybridized carbons (Fsp3) is 0.571. The predicted octanol–water partition coefficient (Wildman–Crippen LogP) is 2.89. The van der Waals surface area contributed by atoms with Crippen LogP contribution >= 0.6 is 11.3 Å². The molecule has 1 atom stereocenters. The lowest BCUT2D eigenvalue weighted by atomic mass is 10.1. The molecule has 0 bridgehead atoms. The van der Waals surface area contributed by atoms with Crippen LogP contribution in [0.25, 0.3) is 0 Å². The Morgan fingerprint density at radius 2 is 1.95 bits per heavy atom. The van der Waals surface area contributed by atoms with Gasteiger partial charge in [0.1, 0.15) is 5.01 Å². The molecule has 5 heteroatoms. The van der Waals surface area contributed by atoms with Gasteiger partial charge in [0.25, 0.3) is 0 Å². The number of aryl methyl sites for hydroxylation is 3. The maximum absolute atomic E-state index is 4.71. The second-order valence-electron chi connectivity index (χ2n) is 5.26. The molecule has 2 aromatic rings. The Balaban J connectivity index is 2.44. The smallest absolute Gasteiger partial charge is 0.115 e. The first-order valence-electron chi connectivity index (χ1n) is 6.58. The van der Waals surface area contributed by atoms with Crippen molar-refractivity contribution >= 4 is 11.3 Å². The number of nitrogens with one attached hydrogen (secondary N) is 1. The summed E-state index contributed by atoms with van der Waals surface area (Å²) in [7, 11) is 1.98. The molecule has 0 fully saturated rings. The molecule has 2 aromatic heterocycles. The van der Waals surface area contributed by atoms with Crippen LogP contribution in [0, 0.1) is 20.8 Å². The molecule has 1 unspecified atom stereocenters. The van der Waals surface area contributed by atoms with Crippen LogP contribution < -0.4 is 5.32 Å². The summed E-state index contributed by atoms with van der Waals surface area (Å²) in [6.07, 6.45) is 1.95. The second-order valence-corrected chi connectivity index (χ2v) is 6.49. The minimum atomic E-state index is 0.131. The van der Waals surface area contributed by atoms with Crippen LogP contribution in [0.2, 0.25) is 0 Å². The molecule has 0 aliphatic rings. The lowest BCUT2D eigenvalue weighted by Crippen LogP contribution is -2.29. The third-order valence-corrected chi connectivity index (χ3v) is 4.51. The van der Waals surface area contributed by atoms with E-state index >= 15 is 0 Å². The van der Waals surface area contributed by atoms with Crippen LogP contribution in [0.1, 0.15) is 46.7 Å². The minimum absolute atomic E-state index is 0.131. The number of nitrogens with zero attached hydrogens (tertiary/aromatic N) is 3. The fourth-order valence-corrected chi connectivity index (χ4v) is 3.05. The maximum Gasteiger partial charge on any atom is 0.115 e. The van der Waals surface area contributed by atoms with Gasteiger partial charge in [-0.05, 0) is 34.6 Å². The molecule has 0 radical (unpaired) electrons. The number of rotatable bonds is 4. The molecule has 0 aromatic carbocycles. The van der Waals surface area contributed by atoms with E-state index in [0.717, 1.165) is 10.7 Å². The van der Waals surface area contributed by atoms with Gasteiger partial charge in [0.05, 0.1) is 17.9 Å². The Morgan fingerprint density at radius 1 is 1.26 bits per heavy atom. The number of thiazole rings is 1. The summed E-state index contributed by atoms with van der Waals surface area (Å²) in [6.45, 7) is 10.6. The van der Waals surface area contributed by atoms with Gasteiger partial charge in [0.15, 0.2) is 0 Å². The average Bonchev–Trinajstić information content (AvgIpc) is 2.82. The highest BCUT2D eigenvalue weighted by Crippen LogP contribution is 2.29. The standard InChI is InChI=1S/C14H22N4S/c1-8(2)16-13(12-7-15-18(6)10(12)4)14-17-9(3)11(5)19-14/h7-8,13,16H,1-6H3. The molecular formula is C14H22N4S. The van der Waals surface area contributed by atoms with Crippen molar-refractivity contribution in [2.24, 2.45) is 7.05 Å². The molecule has 0 saturated heterocycles. The first-order chi connectivity index (χ1) is 8.90. The van der Waals surface area contributed by atoms with Crippen molar-refractivity contribution in [2.75, 3.05) is 0 Å². The Bertz CT molecular complexity index is 549. The average molecular weight is 278 g/mol. The molecule has 2 heterocycles. The summed E-state index contributed by atoms with van der Waals surface area (Å²) in [5, 5.41) is 9.08. The molecule has 2 rings (SSSR count). The first kappa shape index (κ1) is 14.2. The monoisotopic (exact) mass is 278 g/mol. The third kappa shape index (κ3) is 2.87. The van der Waals surface area contributed by atoms with E-state index in [9.17, 15) is 0 Å². The summed E-state index contributed by atoms with van der Waals surface area (Å²) in [5.74, 6) is 0. The van der Waals surface area contributed by atoms with Gasteiger partial charge < -0.3 is 5.32 Å². The van der Waals surface area contributed by atoms with Crippen LogP contribution in [-0.4, -0.2) is 20.8 Å². The van der Waals surface area contributed by atoms with E-state index in [1.807, 2.05) is 17.9 Å². The summed E-state index contributed by atoms with van der Waals surface area (Å²) in [5.41, 5.74) is 3.52. The van der Waals surface area contributed by atoms with Crippen LogP contribution in [0.15, 0.2) is 6.20 Å². The van der Waals surface area contributed by atoms with E-state index in [4.69, 9.17) is 4.98 Å². The van der Waals surface area contributed by atoms with E-state index in [0.29, 0.717) is 6.04 Å². The van der Waals surface area contributed by atoms with E-state index < -0.39 is 0 Å². The zero-order valence-electron chi connectivity index (χ0n) is 12.5. The van der Waals surface area contributed by atoms with Crippen LogP contribution in [0.3, 0.4) is 0 Å². The van der Waals surface area contributed by atoms with E-state index in [1.54, 1.807) is 11.3 Å². The van der Waals surface area contributed by atoms with Gasteiger partial charge >= 0.3 is 0 Å². The number of hydrogen-bond donors (Lipinski definition) is 1. The zero-order valence-corrected chi connectivity index (χ0v) is 13.3. The van der Waals surface area contributed by atoms with Crippen LogP contribution in [0.5, 0.6) is 0 Å². The topological polar surface area (TPSA) is 42.7 Å². The fourth-order valence-electron chi connectivity index (χ4n) is 2.05. The summed E-state index contributed by atoms with van der Waals surface area (Å²) >= 11 is 1.77. The molecule has 0 spiro atoms. The quantitative estimate of drug-likeness (QED) is 0.935. The largest absolute Gasteiger partial charge is 0.302 e. The highest BCUT2D eigenvalue weighted by atomic mass is 32.1. The van der Waals surface area contributed by atoms with Crippen molar-refractivity contribution in [3.63, 3.8) is 0 Å². The second kappa shape index (κ2) is 5.43. The molecule has 0 amide bonds. The first-order valence-corrected chi connectivity index (χ1v) is 7.40. The van der Waals surface area contributed by atoms with E-state index in [-0.39, 0.29) is 6.04 Å². The summed E-state index contributed by atoms with van der Waals surface area (Å²) in [4.78, 5) is 5.99. The Hall–Kier alpha value is -1.20. The van der Waals surface area contributed by atoms with Crippen molar-refractivity contribution in [3.8, 4) is 0 Å². The summed E-state index contributed by atoms with van der Waals surface area (Å²) < 4.78 is 1.91. The molecular weight excluding hydrogens is 256 g/mol. The minimum Gasteiger partial charge on any atom is -0.302 e. The molecule has 1 N–H and O–H groups in total. The summed E-state index contributed by atoms with van der Waals surface area (Å²) in [6, 6.07) is 0.528. The highest BCUT2D eigenvalue weighted by Gasteiger charge is 2.23. The predicted molar refractivity (Wildman–Crippen MR) is 79.6 cm³/mol. The molecule has 19 heavy (non-hydrogen) atoms.